The van der Waals surface area contributed by atoms with Crippen molar-refractivity contribution in [1.82, 2.24) is 5.32 Å². The minimum absolute atomic E-state index is 0.0681. The van der Waals surface area contributed by atoms with E-state index in [1.54, 1.807) is 0 Å². The standard InChI is InChI=1S/C11H17F6NO2/c1-3-20-8(19)9(2,18-7-11(15,16)17)5-4-6-10(12,13)14/h18H,3-7H2,1-2H3. The molecule has 1 N–H and O–H groups in total. The molecule has 0 radical (unpaired) electrons. The Morgan fingerprint density at radius 2 is 1.60 bits per heavy atom. The predicted octanol–water partition coefficient (Wildman–Crippen LogP) is 3.19. The fraction of sp³-hybridized carbons (Fsp3) is 0.909. The molecular weight excluding hydrogens is 292 g/mol. The molecule has 20 heavy (non-hydrogen) atoms. The van der Waals surface area contributed by atoms with Gasteiger partial charge >= 0.3 is 18.3 Å². The third-order valence-corrected chi connectivity index (χ3v) is 2.54. The molecule has 0 rings (SSSR count). The van der Waals surface area contributed by atoms with Crippen LogP contribution < -0.4 is 5.32 Å². The van der Waals surface area contributed by atoms with Gasteiger partial charge in [0.05, 0.1) is 13.2 Å². The summed E-state index contributed by atoms with van der Waals surface area (Å²) in [5.41, 5.74) is -1.79. The smallest absolute Gasteiger partial charge is 0.401 e. The quantitative estimate of drug-likeness (QED) is 0.580. The molecule has 3 nitrogen and oxygen atoms in total. The molecule has 0 aromatic rings. The van der Waals surface area contributed by atoms with Gasteiger partial charge in [-0.15, -0.1) is 0 Å². The number of alkyl halides is 6. The Hall–Kier alpha value is -0.990. The van der Waals surface area contributed by atoms with E-state index < -0.39 is 49.7 Å². The summed E-state index contributed by atoms with van der Waals surface area (Å²) in [6, 6.07) is 0. The van der Waals surface area contributed by atoms with E-state index in [1.165, 1.54) is 6.92 Å². The summed E-state index contributed by atoms with van der Waals surface area (Å²) in [6.07, 6.45) is -11.0. The molecule has 0 amide bonds. The summed E-state index contributed by atoms with van der Waals surface area (Å²) in [5, 5.41) is 1.94. The summed E-state index contributed by atoms with van der Waals surface area (Å²) in [4.78, 5) is 11.6. The number of hydrogen-bond donors (Lipinski definition) is 1. The van der Waals surface area contributed by atoms with E-state index in [4.69, 9.17) is 0 Å². The Bertz CT molecular complexity index is 315. The van der Waals surface area contributed by atoms with Gasteiger partial charge in [0.2, 0.25) is 0 Å². The van der Waals surface area contributed by atoms with Crippen molar-refractivity contribution in [3.8, 4) is 0 Å². The van der Waals surface area contributed by atoms with Gasteiger partial charge in [-0.3, -0.25) is 10.1 Å². The van der Waals surface area contributed by atoms with Gasteiger partial charge in [0.1, 0.15) is 5.54 Å². The monoisotopic (exact) mass is 309 g/mol. The lowest BCUT2D eigenvalue weighted by molar-refractivity contribution is -0.157. The molecule has 1 atom stereocenters. The van der Waals surface area contributed by atoms with Crippen molar-refractivity contribution >= 4 is 5.97 Å². The second-order valence-electron chi connectivity index (χ2n) is 4.49. The van der Waals surface area contributed by atoms with E-state index in [2.05, 4.69) is 4.74 Å². The van der Waals surface area contributed by atoms with Gasteiger partial charge in [0.25, 0.3) is 0 Å². The predicted molar refractivity (Wildman–Crippen MR) is 59.0 cm³/mol. The maximum atomic E-state index is 12.2. The van der Waals surface area contributed by atoms with Crippen LogP contribution in [0.25, 0.3) is 0 Å². The van der Waals surface area contributed by atoms with Gasteiger partial charge in [0, 0.05) is 6.42 Å². The molecule has 0 saturated heterocycles. The van der Waals surface area contributed by atoms with Gasteiger partial charge in [-0.2, -0.15) is 26.3 Å². The molecule has 0 spiro atoms. The van der Waals surface area contributed by atoms with Crippen molar-refractivity contribution < 1.29 is 35.9 Å². The Labute approximate surface area is 112 Å². The molecule has 120 valence electrons. The first-order chi connectivity index (χ1) is 8.90. The van der Waals surface area contributed by atoms with Gasteiger partial charge in [-0.25, -0.2) is 0 Å². The lowest BCUT2D eigenvalue weighted by Crippen LogP contribution is -2.53. The highest BCUT2D eigenvalue weighted by Crippen LogP contribution is 2.26. The van der Waals surface area contributed by atoms with Gasteiger partial charge in [-0.05, 0) is 26.7 Å². The minimum Gasteiger partial charge on any atom is -0.465 e. The summed E-state index contributed by atoms with van der Waals surface area (Å²) in [7, 11) is 0. The average Bonchev–Trinajstić information content (AvgIpc) is 2.24. The van der Waals surface area contributed by atoms with Gasteiger partial charge in [0.15, 0.2) is 0 Å². The third kappa shape index (κ3) is 8.23. The van der Waals surface area contributed by atoms with Crippen LogP contribution in [0.3, 0.4) is 0 Å². The molecular formula is C11H17F6NO2. The topological polar surface area (TPSA) is 38.3 Å². The van der Waals surface area contributed by atoms with Crippen LogP contribution in [0.5, 0.6) is 0 Å². The van der Waals surface area contributed by atoms with Crippen molar-refractivity contribution in [3.05, 3.63) is 0 Å². The van der Waals surface area contributed by atoms with Crippen LogP contribution in [0.4, 0.5) is 26.3 Å². The first-order valence-corrected chi connectivity index (χ1v) is 5.95. The molecule has 9 heteroatoms. The number of nitrogens with one attached hydrogen (secondary N) is 1. The zero-order valence-electron chi connectivity index (χ0n) is 11.1. The van der Waals surface area contributed by atoms with Crippen LogP contribution in [-0.4, -0.2) is 37.0 Å². The Morgan fingerprint density at radius 3 is 2.00 bits per heavy atom. The Balaban J connectivity index is 4.66. The minimum atomic E-state index is -4.57. The van der Waals surface area contributed by atoms with E-state index in [0.717, 1.165) is 6.92 Å². The van der Waals surface area contributed by atoms with Crippen molar-refractivity contribution in [2.24, 2.45) is 0 Å². The number of ether oxygens (including phenoxy) is 1. The largest absolute Gasteiger partial charge is 0.465 e. The number of hydrogen-bond acceptors (Lipinski definition) is 3. The zero-order valence-corrected chi connectivity index (χ0v) is 11.1. The highest BCUT2D eigenvalue weighted by molar-refractivity contribution is 5.80. The normalized spacial score (nSPS) is 15.8. The van der Waals surface area contributed by atoms with Crippen LogP contribution in [0.1, 0.15) is 33.1 Å². The van der Waals surface area contributed by atoms with Crippen LogP contribution in [0.2, 0.25) is 0 Å². The highest BCUT2D eigenvalue weighted by atomic mass is 19.4. The van der Waals surface area contributed by atoms with E-state index >= 15 is 0 Å². The maximum absolute atomic E-state index is 12.2. The third-order valence-electron chi connectivity index (χ3n) is 2.54. The summed E-state index contributed by atoms with van der Waals surface area (Å²) < 4.78 is 77.2. The molecule has 0 aliphatic rings. The molecule has 0 aliphatic carbocycles. The molecule has 0 bridgehead atoms. The van der Waals surface area contributed by atoms with Crippen LogP contribution >= 0.6 is 0 Å². The first kappa shape index (κ1) is 19.0. The highest BCUT2D eigenvalue weighted by Gasteiger charge is 2.39. The molecule has 0 heterocycles. The lowest BCUT2D eigenvalue weighted by atomic mass is 9.94. The average molecular weight is 309 g/mol. The van der Waals surface area contributed by atoms with Crippen molar-refractivity contribution in [3.63, 3.8) is 0 Å². The van der Waals surface area contributed by atoms with E-state index in [-0.39, 0.29) is 6.61 Å². The van der Waals surface area contributed by atoms with E-state index in [9.17, 15) is 31.1 Å². The number of halogens is 6. The summed E-state index contributed by atoms with van der Waals surface area (Å²) in [6.45, 7) is 1.01. The Kier molecular flexibility index (Phi) is 6.79. The number of esters is 1. The number of carbonyl (C=O) groups is 1. The summed E-state index contributed by atoms with van der Waals surface area (Å²) >= 11 is 0. The number of carbonyl (C=O) groups excluding carboxylic acids is 1. The molecule has 0 aliphatic heterocycles. The van der Waals surface area contributed by atoms with E-state index in [0.29, 0.717) is 0 Å². The number of rotatable bonds is 7. The van der Waals surface area contributed by atoms with E-state index in [1.807, 2.05) is 5.32 Å². The van der Waals surface area contributed by atoms with Crippen LogP contribution in [0.15, 0.2) is 0 Å². The van der Waals surface area contributed by atoms with Crippen molar-refractivity contribution in [2.45, 2.75) is 51.0 Å². The van der Waals surface area contributed by atoms with Gasteiger partial charge in [-0.1, -0.05) is 0 Å². The lowest BCUT2D eigenvalue weighted by Gasteiger charge is -2.29. The summed E-state index contributed by atoms with van der Waals surface area (Å²) in [5.74, 6) is -0.994. The van der Waals surface area contributed by atoms with Crippen molar-refractivity contribution in [2.75, 3.05) is 13.2 Å². The van der Waals surface area contributed by atoms with Gasteiger partial charge < -0.3 is 4.74 Å². The Morgan fingerprint density at radius 1 is 1.05 bits per heavy atom. The first-order valence-electron chi connectivity index (χ1n) is 5.95. The molecule has 0 aromatic heterocycles. The molecule has 0 aromatic carbocycles. The SMILES string of the molecule is CCOC(=O)C(C)(CCCC(F)(F)F)NCC(F)(F)F. The fourth-order valence-corrected chi connectivity index (χ4v) is 1.49. The van der Waals surface area contributed by atoms with Crippen LogP contribution in [-0.2, 0) is 9.53 Å². The second-order valence-corrected chi connectivity index (χ2v) is 4.49. The van der Waals surface area contributed by atoms with Crippen molar-refractivity contribution in [1.29, 1.82) is 0 Å². The second kappa shape index (κ2) is 7.14. The maximum Gasteiger partial charge on any atom is 0.401 e. The molecule has 1 unspecified atom stereocenters. The molecule has 0 saturated carbocycles. The molecule has 0 fully saturated rings. The van der Waals surface area contributed by atoms with Crippen LogP contribution in [0, 0.1) is 0 Å². The fourth-order valence-electron chi connectivity index (χ4n) is 1.49. The zero-order chi connectivity index (χ0) is 16.0.